The molecule has 4 aliphatic rings. The lowest BCUT2D eigenvalue weighted by Crippen LogP contribution is -2.45. The molecular formula is C23H34O4. The Kier molecular flexibility index (Phi) is 4.31. The maximum Gasteiger partial charge on any atom is 0.188 e. The predicted molar refractivity (Wildman–Crippen MR) is 104 cm³/mol. The van der Waals surface area contributed by atoms with Gasteiger partial charge in [-0.25, -0.2) is 0 Å². The van der Waals surface area contributed by atoms with Gasteiger partial charge in [-0.2, -0.15) is 0 Å². The number of fused-ring (bicyclic) bond motifs is 3. The van der Waals surface area contributed by atoms with Gasteiger partial charge in [-0.15, -0.1) is 0 Å². The highest BCUT2D eigenvalue weighted by atomic mass is 16.7. The van der Waals surface area contributed by atoms with Crippen molar-refractivity contribution in [2.75, 3.05) is 6.61 Å². The van der Waals surface area contributed by atoms with Crippen molar-refractivity contribution in [3.8, 4) is 0 Å². The van der Waals surface area contributed by atoms with Crippen LogP contribution in [0.15, 0.2) is 22.8 Å². The summed E-state index contributed by atoms with van der Waals surface area (Å²) in [5.74, 6) is -0.384. The van der Waals surface area contributed by atoms with Crippen LogP contribution in [0.1, 0.15) is 67.2 Å². The minimum atomic E-state index is -0.881. The Balaban J connectivity index is 1.85. The van der Waals surface area contributed by atoms with E-state index in [1.54, 1.807) is 0 Å². The molecule has 5 atom stereocenters. The van der Waals surface area contributed by atoms with Gasteiger partial charge in [0.15, 0.2) is 11.6 Å². The second-order valence-electron chi connectivity index (χ2n) is 10.4. The number of carbonyl (C=O) groups is 1. The highest BCUT2D eigenvalue weighted by Gasteiger charge is 2.57. The van der Waals surface area contributed by atoms with Crippen molar-refractivity contribution < 1.29 is 19.4 Å². The summed E-state index contributed by atoms with van der Waals surface area (Å²) < 4.78 is 12.2. The summed E-state index contributed by atoms with van der Waals surface area (Å²) in [5.41, 5.74) is 3.05. The molecule has 1 heterocycles. The molecule has 0 aromatic carbocycles. The Morgan fingerprint density at radius 2 is 1.85 bits per heavy atom. The van der Waals surface area contributed by atoms with E-state index in [9.17, 15) is 9.90 Å². The number of Topliss-reactive ketones (excluding diaryl/α,β-unsaturated/α-hetero) is 1. The third-order valence-electron chi connectivity index (χ3n) is 7.77. The fourth-order valence-corrected chi connectivity index (χ4v) is 6.22. The number of allylic oxidation sites excluding steroid dienone is 2. The second-order valence-corrected chi connectivity index (χ2v) is 10.4. The third-order valence-corrected chi connectivity index (χ3v) is 7.77. The zero-order valence-corrected chi connectivity index (χ0v) is 17.6. The average molecular weight is 375 g/mol. The minimum absolute atomic E-state index is 0.0146. The van der Waals surface area contributed by atoms with Gasteiger partial charge in [-0.05, 0) is 62.0 Å². The van der Waals surface area contributed by atoms with Crippen LogP contribution in [0.5, 0.6) is 0 Å². The van der Waals surface area contributed by atoms with Gasteiger partial charge in [0.1, 0.15) is 6.10 Å². The summed E-state index contributed by atoms with van der Waals surface area (Å²) in [6.07, 6.45) is 5.36. The van der Waals surface area contributed by atoms with Crippen LogP contribution in [0.2, 0.25) is 0 Å². The van der Waals surface area contributed by atoms with Crippen LogP contribution in [0, 0.1) is 22.7 Å². The van der Waals surface area contributed by atoms with Crippen LogP contribution < -0.4 is 0 Å². The van der Waals surface area contributed by atoms with Crippen molar-refractivity contribution in [2.24, 2.45) is 22.7 Å². The van der Waals surface area contributed by atoms with Crippen molar-refractivity contribution >= 4 is 5.78 Å². The van der Waals surface area contributed by atoms with Gasteiger partial charge in [0.05, 0.1) is 12.7 Å². The SMILES string of the molecule is CC(C)[C@H]1C(O)C(=O)C2=CC3=C4COC(C)(C)O[C@@H]4CC[C@@]3(C)CC[C@@]21C. The quantitative estimate of drug-likeness (QED) is 0.748. The summed E-state index contributed by atoms with van der Waals surface area (Å²) in [7, 11) is 0. The standard InChI is InChI=1S/C23H34O4/c1-13(2)18-20(25)19(24)16-11-15-14-12-26-21(3,4)27-17(14)7-8-22(15,5)9-10-23(16,18)6/h11,13,17-18,20,25H,7-10,12H2,1-6H3/t17-,18+,20?,22+,23+/m1/s1. The van der Waals surface area contributed by atoms with Crippen LogP contribution in [-0.2, 0) is 14.3 Å². The molecule has 150 valence electrons. The molecule has 1 aliphatic heterocycles. The molecule has 1 saturated heterocycles. The lowest BCUT2D eigenvalue weighted by molar-refractivity contribution is -0.255. The molecule has 2 fully saturated rings. The summed E-state index contributed by atoms with van der Waals surface area (Å²) in [5, 5.41) is 10.7. The summed E-state index contributed by atoms with van der Waals surface area (Å²) in [6, 6.07) is 0. The number of hydrogen-bond acceptors (Lipinski definition) is 4. The molecule has 4 nitrogen and oxygen atoms in total. The van der Waals surface area contributed by atoms with Gasteiger partial charge >= 0.3 is 0 Å². The Labute approximate surface area is 163 Å². The van der Waals surface area contributed by atoms with E-state index in [-0.39, 0.29) is 34.6 Å². The Bertz CT molecular complexity index is 731. The lowest BCUT2D eigenvalue weighted by Gasteiger charge is -2.46. The lowest BCUT2D eigenvalue weighted by atomic mass is 9.65. The van der Waals surface area contributed by atoms with Crippen LogP contribution in [0.3, 0.4) is 0 Å². The molecule has 0 radical (unpaired) electrons. The molecule has 0 aromatic heterocycles. The molecule has 4 rings (SSSR count). The maximum absolute atomic E-state index is 13.1. The number of aliphatic hydroxyl groups excluding tert-OH is 1. The van der Waals surface area contributed by atoms with E-state index in [1.165, 1.54) is 11.1 Å². The molecule has 0 spiro atoms. The summed E-state index contributed by atoms with van der Waals surface area (Å²) in [6.45, 7) is 13.3. The first kappa shape index (κ1) is 19.4. The fourth-order valence-electron chi connectivity index (χ4n) is 6.22. The number of ketones is 1. The van der Waals surface area contributed by atoms with Crippen LogP contribution in [0.25, 0.3) is 0 Å². The Morgan fingerprint density at radius 1 is 1.15 bits per heavy atom. The number of aliphatic hydroxyl groups is 1. The first-order valence-corrected chi connectivity index (χ1v) is 10.5. The van der Waals surface area contributed by atoms with E-state index in [2.05, 4.69) is 33.8 Å². The Hall–Kier alpha value is -0.970. The van der Waals surface area contributed by atoms with Crippen LogP contribution in [0.4, 0.5) is 0 Å². The van der Waals surface area contributed by atoms with E-state index >= 15 is 0 Å². The number of hydrogen-bond donors (Lipinski definition) is 1. The van der Waals surface area contributed by atoms with E-state index in [0.717, 1.165) is 31.3 Å². The molecule has 0 amide bonds. The number of carbonyl (C=O) groups excluding carboxylic acids is 1. The topological polar surface area (TPSA) is 55.8 Å². The van der Waals surface area contributed by atoms with Gasteiger partial charge in [0, 0.05) is 16.9 Å². The molecule has 1 N–H and O–H groups in total. The predicted octanol–water partition coefficient (Wildman–Crippen LogP) is 4.18. The zero-order valence-electron chi connectivity index (χ0n) is 17.6. The average Bonchev–Trinajstić information content (AvgIpc) is 2.68. The van der Waals surface area contributed by atoms with Gasteiger partial charge in [-0.1, -0.05) is 33.8 Å². The molecule has 4 heteroatoms. The molecule has 0 bridgehead atoms. The van der Waals surface area contributed by atoms with Gasteiger partial charge in [0.2, 0.25) is 0 Å². The summed E-state index contributed by atoms with van der Waals surface area (Å²) in [4.78, 5) is 13.1. The summed E-state index contributed by atoms with van der Waals surface area (Å²) >= 11 is 0. The van der Waals surface area contributed by atoms with Crippen LogP contribution >= 0.6 is 0 Å². The number of ether oxygens (including phenoxy) is 2. The van der Waals surface area contributed by atoms with Crippen LogP contribution in [-0.4, -0.2) is 35.5 Å². The normalized spacial score (nSPS) is 43.8. The van der Waals surface area contributed by atoms with Gasteiger partial charge in [0.25, 0.3) is 0 Å². The minimum Gasteiger partial charge on any atom is -0.385 e. The molecule has 0 aromatic rings. The van der Waals surface area contributed by atoms with Crippen molar-refractivity contribution in [3.63, 3.8) is 0 Å². The van der Waals surface area contributed by atoms with Gasteiger partial charge in [-0.3, -0.25) is 4.79 Å². The highest BCUT2D eigenvalue weighted by molar-refractivity contribution is 6.03. The Morgan fingerprint density at radius 3 is 2.52 bits per heavy atom. The largest absolute Gasteiger partial charge is 0.385 e. The van der Waals surface area contributed by atoms with Crippen molar-refractivity contribution in [3.05, 3.63) is 22.8 Å². The first-order valence-electron chi connectivity index (χ1n) is 10.5. The molecule has 1 saturated carbocycles. The molecule has 1 unspecified atom stereocenters. The van der Waals surface area contributed by atoms with Gasteiger partial charge < -0.3 is 14.6 Å². The van der Waals surface area contributed by atoms with E-state index in [0.29, 0.717) is 6.61 Å². The third kappa shape index (κ3) is 2.79. The smallest absolute Gasteiger partial charge is 0.188 e. The monoisotopic (exact) mass is 374 g/mol. The van der Waals surface area contributed by atoms with Crippen molar-refractivity contribution in [2.45, 2.75) is 85.2 Å². The highest BCUT2D eigenvalue weighted by Crippen LogP contribution is 2.59. The van der Waals surface area contributed by atoms with E-state index in [4.69, 9.17) is 9.47 Å². The van der Waals surface area contributed by atoms with Crippen molar-refractivity contribution in [1.82, 2.24) is 0 Å². The fraction of sp³-hybridized carbons (Fsp3) is 0.783. The van der Waals surface area contributed by atoms with Crippen molar-refractivity contribution in [1.29, 1.82) is 0 Å². The molecule has 3 aliphatic carbocycles. The van der Waals surface area contributed by atoms with E-state index in [1.807, 2.05) is 13.8 Å². The number of rotatable bonds is 1. The first-order chi connectivity index (χ1) is 12.5. The zero-order chi connectivity index (χ0) is 19.8. The molecular weight excluding hydrogens is 340 g/mol. The molecule has 27 heavy (non-hydrogen) atoms. The second kappa shape index (κ2) is 6.01. The van der Waals surface area contributed by atoms with E-state index < -0.39 is 11.9 Å². The maximum atomic E-state index is 13.1.